The summed E-state index contributed by atoms with van der Waals surface area (Å²) in [5.41, 5.74) is 2.97. The summed E-state index contributed by atoms with van der Waals surface area (Å²) in [5.74, 6) is 0.508. The molecule has 23 heavy (non-hydrogen) atoms. The quantitative estimate of drug-likeness (QED) is 0.593. The van der Waals surface area contributed by atoms with Gasteiger partial charge in [0.2, 0.25) is 5.78 Å². The van der Waals surface area contributed by atoms with Crippen LogP contribution < -0.4 is 9.47 Å². The molecule has 126 valence electrons. The molecule has 5 nitrogen and oxygen atoms in total. The van der Waals surface area contributed by atoms with Crippen molar-refractivity contribution in [3.8, 4) is 11.5 Å². The Morgan fingerprint density at radius 1 is 1.30 bits per heavy atom. The molecule has 2 unspecified atom stereocenters. The Balaban J connectivity index is 2.57. The summed E-state index contributed by atoms with van der Waals surface area (Å²) in [6.07, 6.45) is 3.16. The minimum Gasteiger partial charge on any atom is -0.496 e. The van der Waals surface area contributed by atoms with Crippen LogP contribution in [-0.2, 0) is 22.4 Å². The number of ketones is 1. The summed E-state index contributed by atoms with van der Waals surface area (Å²) in [5, 5.41) is 0. The fourth-order valence-corrected chi connectivity index (χ4v) is 3.33. The number of likely N-dealkylation sites (N-methyl/N-ethyl adjacent to an activating group) is 1. The Morgan fingerprint density at radius 3 is 2.52 bits per heavy atom. The van der Waals surface area contributed by atoms with Crippen LogP contribution in [0.5, 0.6) is 11.5 Å². The maximum Gasteiger partial charge on any atom is 0.202 e. The fourth-order valence-electron chi connectivity index (χ4n) is 3.33. The molecule has 1 aliphatic carbocycles. The van der Waals surface area contributed by atoms with Crippen molar-refractivity contribution >= 4 is 12.1 Å². The van der Waals surface area contributed by atoms with Gasteiger partial charge in [-0.2, -0.15) is 0 Å². The van der Waals surface area contributed by atoms with Crippen LogP contribution in [0.25, 0.3) is 0 Å². The van der Waals surface area contributed by atoms with Crippen molar-refractivity contribution in [2.45, 2.75) is 38.1 Å². The third-order valence-corrected chi connectivity index (χ3v) is 4.82. The van der Waals surface area contributed by atoms with E-state index in [0.29, 0.717) is 12.3 Å². The maximum atomic E-state index is 11.8. The number of ether oxygens (including phenoxy) is 2. The van der Waals surface area contributed by atoms with Crippen LogP contribution in [0, 0.1) is 0 Å². The molecular formula is C18H25NO4. The van der Waals surface area contributed by atoms with E-state index in [4.69, 9.17) is 9.47 Å². The van der Waals surface area contributed by atoms with E-state index in [2.05, 4.69) is 19.0 Å². The Bertz CT molecular complexity index is 610. The van der Waals surface area contributed by atoms with Gasteiger partial charge < -0.3 is 14.4 Å². The number of aldehydes is 1. The first-order chi connectivity index (χ1) is 10.9. The van der Waals surface area contributed by atoms with Gasteiger partial charge in [-0.3, -0.25) is 9.59 Å². The van der Waals surface area contributed by atoms with Crippen molar-refractivity contribution in [3.63, 3.8) is 0 Å². The molecule has 5 heteroatoms. The van der Waals surface area contributed by atoms with E-state index in [1.54, 1.807) is 21.1 Å². The lowest BCUT2D eigenvalue weighted by Crippen LogP contribution is -2.34. The monoisotopic (exact) mass is 319 g/mol. The molecule has 0 radical (unpaired) electrons. The van der Waals surface area contributed by atoms with Gasteiger partial charge in [0.1, 0.15) is 11.5 Å². The lowest BCUT2D eigenvalue weighted by molar-refractivity contribution is -0.130. The number of hydrogen-bond acceptors (Lipinski definition) is 5. The third kappa shape index (κ3) is 3.24. The number of nitrogens with zero attached hydrogens (tertiary/aromatic N) is 1. The highest BCUT2D eigenvalue weighted by atomic mass is 16.5. The van der Waals surface area contributed by atoms with Crippen molar-refractivity contribution in [1.29, 1.82) is 0 Å². The third-order valence-electron chi connectivity index (χ3n) is 4.82. The number of hydrogen-bond donors (Lipinski definition) is 0. The second kappa shape index (κ2) is 7.13. The molecule has 0 saturated carbocycles. The van der Waals surface area contributed by atoms with Gasteiger partial charge in [0, 0.05) is 22.7 Å². The van der Waals surface area contributed by atoms with Gasteiger partial charge in [-0.15, -0.1) is 0 Å². The molecular weight excluding hydrogens is 294 g/mol. The fraction of sp³-hybridized carbons (Fsp3) is 0.556. The number of rotatable bonds is 6. The zero-order chi connectivity index (χ0) is 17.1. The van der Waals surface area contributed by atoms with Gasteiger partial charge in [0.25, 0.3) is 0 Å². The second-order valence-electron chi connectivity index (χ2n) is 6.26. The van der Waals surface area contributed by atoms with Gasteiger partial charge in [0.05, 0.1) is 20.1 Å². The van der Waals surface area contributed by atoms with Gasteiger partial charge in [-0.25, -0.2) is 0 Å². The number of Topliss-reactive ketones (excluding diaryl/α,β-unsaturated/α-hetero) is 1. The van der Waals surface area contributed by atoms with Crippen molar-refractivity contribution < 1.29 is 19.1 Å². The average molecular weight is 319 g/mol. The van der Waals surface area contributed by atoms with E-state index in [9.17, 15) is 9.59 Å². The van der Waals surface area contributed by atoms with Crippen LogP contribution in [0.1, 0.15) is 36.0 Å². The number of fused-ring (bicyclic) bond motifs is 1. The maximum absolute atomic E-state index is 11.8. The molecule has 0 aromatic heterocycles. The Hall–Kier alpha value is -1.88. The highest BCUT2D eigenvalue weighted by Gasteiger charge is 2.30. The minimum atomic E-state index is -0.534. The summed E-state index contributed by atoms with van der Waals surface area (Å²) >= 11 is 0. The van der Waals surface area contributed by atoms with E-state index >= 15 is 0 Å². The number of benzene rings is 1. The van der Waals surface area contributed by atoms with Crippen molar-refractivity contribution in [3.05, 3.63) is 22.8 Å². The standard InChI is InChI=1S/C18H25NO4/c1-11(16(21)10-20)14-9-17(22-4)15-8-12(19(2)3)6-7-13(15)18(14)23-5/h9-12H,6-8H2,1-5H3. The van der Waals surface area contributed by atoms with Gasteiger partial charge in [0.15, 0.2) is 6.29 Å². The van der Waals surface area contributed by atoms with Gasteiger partial charge >= 0.3 is 0 Å². The van der Waals surface area contributed by atoms with Gasteiger partial charge in [-0.05, 0) is 39.4 Å². The average Bonchev–Trinajstić information content (AvgIpc) is 2.58. The molecule has 0 saturated heterocycles. The molecule has 0 bridgehead atoms. The van der Waals surface area contributed by atoms with Gasteiger partial charge in [-0.1, -0.05) is 6.92 Å². The normalized spacial score (nSPS) is 18.3. The van der Waals surface area contributed by atoms with Crippen molar-refractivity contribution in [2.24, 2.45) is 0 Å². The Labute approximate surface area is 137 Å². The first-order valence-corrected chi connectivity index (χ1v) is 7.86. The molecule has 1 aromatic rings. The Morgan fingerprint density at radius 2 is 2.00 bits per heavy atom. The number of carbonyl (C=O) groups excluding carboxylic acids is 2. The molecule has 2 atom stereocenters. The highest BCUT2D eigenvalue weighted by Crippen LogP contribution is 2.42. The van der Waals surface area contributed by atoms with E-state index < -0.39 is 11.7 Å². The van der Waals surface area contributed by atoms with E-state index in [-0.39, 0.29) is 0 Å². The summed E-state index contributed by atoms with van der Waals surface area (Å²) in [4.78, 5) is 24.9. The smallest absolute Gasteiger partial charge is 0.202 e. The van der Waals surface area contributed by atoms with Crippen LogP contribution in [0.2, 0.25) is 0 Å². The zero-order valence-electron chi connectivity index (χ0n) is 14.5. The van der Waals surface area contributed by atoms with Crippen molar-refractivity contribution in [2.75, 3.05) is 28.3 Å². The van der Waals surface area contributed by atoms with Crippen LogP contribution in [0.4, 0.5) is 0 Å². The summed E-state index contributed by atoms with van der Waals surface area (Å²) in [7, 11) is 7.41. The molecule has 2 rings (SSSR count). The summed E-state index contributed by atoms with van der Waals surface area (Å²) < 4.78 is 11.2. The lowest BCUT2D eigenvalue weighted by Gasteiger charge is -2.32. The predicted molar refractivity (Wildman–Crippen MR) is 88.5 cm³/mol. The highest BCUT2D eigenvalue weighted by molar-refractivity contribution is 6.27. The molecule has 0 amide bonds. The molecule has 0 aliphatic heterocycles. The second-order valence-corrected chi connectivity index (χ2v) is 6.26. The van der Waals surface area contributed by atoms with Crippen LogP contribution in [0.3, 0.4) is 0 Å². The van der Waals surface area contributed by atoms with E-state index in [1.807, 2.05) is 6.07 Å². The first-order valence-electron chi connectivity index (χ1n) is 7.86. The molecule has 0 N–H and O–H groups in total. The van der Waals surface area contributed by atoms with Crippen LogP contribution >= 0.6 is 0 Å². The summed E-state index contributed by atoms with van der Waals surface area (Å²) in [6, 6.07) is 2.31. The number of methoxy groups -OCH3 is 2. The zero-order valence-corrected chi connectivity index (χ0v) is 14.5. The molecule has 1 aromatic carbocycles. The van der Waals surface area contributed by atoms with E-state index in [0.717, 1.165) is 47.5 Å². The molecule has 1 aliphatic rings. The minimum absolute atomic E-state index is 0.373. The lowest BCUT2D eigenvalue weighted by atomic mass is 9.82. The predicted octanol–water partition coefficient (Wildman–Crippen LogP) is 1.99. The summed E-state index contributed by atoms with van der Waals surface area (Å²) in [6.45, 7) is 1.73. The van der Waals surface area contributed by atoms with Crippen molar-refractivity contribution in [1.82, 2.24) is 4.90 Å². The molecule has 0 spiro atoms. The number of carbonyl (C=O) groups is 2. The molecule has 0 fully saturated rings. The largest absolute Gasteiger partial charge is 0.496 e. The topological polar surface area (TPSA) is 55.8 Å². The molecule has 0 heterocycles. The van der Waals surface area contributed by atoms with E-state index in [1.165, 1.54) is 0 Å². The Kier molecular flexibility index (Phi) is 5.42. The first kappa shape index (κ1) is 17.5. The van der Waals surface area contributed by atoms with Crippen LogP contribution in [-0.4, -0.2) is 51.3 Å². The van der Waals surface area contributed by atoms with Crippen LogP contribution in [0.15, 0.2) is 6.07 Å². The SMILES string of the molecule is COc1cc(C(C)C(=O)C=O)c(OC)c2c1CC(N(C)C)CC2.